The van der Waals surface area contributed by atoms with Crippen LogP contribution in [0.5, 0.6) is 0 Å². The van der Waals surface area contributed by atoms with Crippen LogP contribution in [0.4, 0.5) is 10.2 Å². The molecule has 0 unspecified atom stereocenters. The molecule has 4 aromatic rings. The highest BCUT2D eigenvalue weighted by atomic mass is 35.5. The van der Waals surface area contributed by atoms with Gasteiger partial charge in [0.2, 0.25) is 5.91 Å². The van der Waals surface area contributed by atoms with Gasteiger partial charge < -0.3 is 5.32 Å². The Balaban J connectivity index is 1.70. The first-order valence-electron chi connectivity index (χ1n) is 8.08. The van der Waals surface area contributed by atoms with Crippen molar-refractivity contribution >= 4 is 34.2 Å². The van der Waals surface area contributed by atoms with Gasteiger partial charge in [0.15, 0.2) is 5.82 Å². The number of anilines is 1. The Morgan fingerprint density at radius 2 is 2.04 bits per heavy atom. The van der Waals surface area contributed by atoms with E-state index in [4.69, 9.17) is 11.6 Å². The van der Waals surface area contributed by atoms with Gasteiger partial charge >= 0.3 is 0 Å². The Labute approximate surface area is 158 Å². The molecule has 136 valence electrons. The van der Waals surface area contributed by atoms with Gasteiger partial charge in [-0.15, -0.1) is 5.10 Å². The van der Waals surface area contributed by atoms with Crippen LogP contribution >= 0.6 is 11.6 Å². The molecule has 0 aliphatic heterocycles. The third kappa shape index (κ3) is 3.39. The minimum absolute atomic E-state index is 0.0180. The zero-order valence-electron chi connectivity index (χ0n) is 14.2. The summed E-state index contributed by atoms with van der Waals surface area (Å²) in [5, 5.41) is 16.2. The molecule has 0 bridgehead atoms. The Hall–Kier alpha value is -3.26. The Kier molecular flexibility index (Phi) is 4.33. The van der Waals surface area contributed by atoms with Crippen LogP contribution in [0.2, 0.25) is 5.02 Å². The van der Waals surface area contributed by atoms with Crippen molar-refractivity contribution in [3.63, 3.8) is 0 Å². The second kappa shape index (κ2) is 6.81. The summed E-state index contributed by atoms with van der Waals surface area (Å²) < 4.78 is 15.0. The number of nitrogens with one attached hydrogen (secondary N) is 1. The molecular weight excluding hydrogens is 371 g/mol. The minimum Gasteiger partial charge on any atom is -0.306 e. The van der Waals surface area contributed by atoms with E-state index in [-0.39, 0.29) is 17.5 Å². The Morgan fingerprint density at radius 3 is 2.78 bits per heavy atom. The Morgan fingerprint density at radius 1 is 1.22 bits per heavy atom. The van der Waals surface area contributed by atoms with Gasteiger partial charge in [0.05, 0.1) is 16.7 Å². The predicted octanol–water partition coefficient (Wildman–Crippen LogP) is 3.26. The van der Waals surface area contributed by atoms with Crippen LogP contribution in [0, 0.1) is 5.82 Å². The molecule has 2 heterocycles. The molecule has 7 nitrogen and oxygen atoms in total. The highest BCUT2D eigenvalue weighted by Gasteiger charge is 2.17. The molecule has 27 heavy (non-hydrogen) atoms. The van der Waals surface area contributed by atoms with Crippen LogP contribution in [-0.2, 0) is 18.4 Å². The van der Waals surface area contributed by atoms with E-state index in [0.717, 1.165) is 10.9 Å². The van der Waals surface area contributed by atoms with E-state index >= 15 is 0 Å². The number of fused-ring (bicyclic) bond motifs is 1. The van der Waals surface area contributed by atoms with E-state index in [1.54, 1.807) is 17.8 Å². The molecule has 1 amide bonds. The average Bonchev–Trinajstić information content (AvgIpc) is 3.19. The van der Waals surface area contributed by atoms with Gasteiger partial charge in [0, 0.05) is 18.0 Å². The minimum atomic E-state index is -0.421. The van der Waals surface area contributed by atoms with Crippen molar-refractivity contribution in [3.05, 3.63) is 59.5 Å². The highest BCUT2D eigenvalue weighted by molar-refractivity contribution is 6.33. The number of carbonyl (C=O) groups is 1. The lowest BCUT2D eigenvalue weighted by Crippen LogP contribution is -2.19. The summed E-state index contributed by atoms with van der Waals surface area (Å²) in [4.78, 5) is 13.7. The molecule has 0 aliphatic carbocycles. The van der Waals surface area contributed by atoms with Crippen LogP contribution in [0.15, 0.2) is 48.7 Å². The largest absolute Gasteiger partial charge is 0.306 e. The van der Waals surface area contributed by atoms with E-state index < -0.39 is 5.82 Å². The Bertz CT molecular complexity index is 1150. The molecule has 2 aromatic carbocycles. The molecule has 2 aromatic heterocycles. The van der Waals surface area contributed by atoms with Crippen molar-refractivity contribution in [2.75, 3.05) is 5.32 Å². The van der Waals surface area contributed by atoms with Crippen molar-refractivity contribution in [1.82, 2.24) is 24.8 Å². The first-order valence-corrected chi connectivity index (χ1v) is 8.46. The molecule has 1 N–H and O–H groups in total. The summed E-state index contributed by atoms with van der Waals surface area (Å²) in [6, 6.07) is 11.6. The zero-order valence-corrected chi connectivity index (χ0v) is 15.0. The van der Waals surface area contributed by atoms with Gasteiger partial charge in [-0.3, -0.25) is 9.48 Å². The SMILES string of the molecule is Cn1ncc(NC(=O)Cn2nc(-c3ccc(F)cc3Cl)c3ccccc32)n1. The molecule has 0 atom stereocenters. The van der Waals surface area contributed by atoms with E-state index in [1.165, 1.54) is 23.1 Å². The monoisotopic (exact) mass is 384 g/mol. The summed E-state index contributed by atoms with van der Waals surface area (Å²) in [5.41, 5.74) is 1.95. The number of aromatic nitrogens is 5. The molecule has 0 fully saturated rings. The summed E-state index contributed by atoms with van der Waals surface area (Å²) in [6.45, 7) is -0.0180. The second-order valence-corrected chi connectivity index (χ2v) is 6.32. The van der Waals surface area contributed by atoms with Gasteiger partial charge in [-0.2, -0.15) is 15.0 Å². The van der Waals surface area contributed by atoms with Gasteiger partial charge in [-0.05, 0) is 24.3 Å². The number of benzene rings is 2. The molecule has 0 saturated heterocycles. The fourth-order valence-corrected chi connectivity index (χ4v) is 3.11. The number of nitrogens with zero attached hydrogens (tertiary/aromatic N) is 5. The lowest BCUT2D eigenvalue weighted by Gasteiger charge is -2.03. The smallest absolute Gasteiger partial charge is 0.247 e. The van der Waals surface area contributed by atoms with Crippen LogP contribution < -0.4 is 5.32 Å². The van der Waals surface area contributed by atoms with Crippen LogP contribution in [0.3, 0.4) is 0 Å². The normalized spacial score (nSPS) is 11.1. The standard InChI is InChI=1S/C18H14ClFN6O/c1-25-21-9-16(23-25)22-17(27)10-26-15-5-3-2-4-13(15)18(24-26)12-7-6-11(20)8-14(12)19/h2-9H,10H2,1H3,(H,22,23,27). The number of amides is 1. The van der Waals surface area contributed by atoms with Gasteiger partial charge in [0.1, 0.15) is 18.1 Å². The fourth-order valence-electron chi connectivity index (χ4n) is 2.85. The number of aryl methyl sites for hydroxylation is 1. The third-order valence-corrected chi connectivity index (χ3v) is 4.32. The lowest BCUT2D eigenvalue weighted by molar-refractivity contribution is -0.116. The molecule has 0 aliphatic rings. The number of para-hydroxylation sites is 1. The topological polar surface area (TPSA) is 77.6 Å². The first kappa shape index (κ1) is 17.2. The molecule has 4 rings (SSSR count). The zero-order chi connectivity index (χ0) is 19.0. The third-order valence-electron chi connectivity index (χ3n) is 4.00. The maximum absolute atomic E-state index is 13.4. The van der Waals surface area contributed by atoms with Crippen molar-refractivity contribution in [1.29, 1.82) is 0 Å². The van der Waals surface area contributed by atoms with Crippen LogP contribution in [-0.4, -0.2) is 30.7 Å². The van der Waals surface area contributed by atoms with Crippen molar-refractivity contribution < 1.29 is 9.18 Å². The van der Waals surface area contributed by atoms with Gasteiger partial charge in [0.25, 0.3) is 0 Å². The summed E-state index contributed by atoms with van der Waals surface area (Å²) in [5.74, 6) is -0.350. The number of hydrogen-bond acceptors (Lipinski definition) is 4. The molecule has 0 spiro atoms. The van der Waals surface area contributed by atoms with Gasteiger partial charge in [-0.25, -0.2) is 4.39 Å². The molecule has 0 radical (unpaired) electrons. The number of halogens is 2. The van der Waals surface area contributed by atoms with E-state index in [2.05, 4.69) is 20.6 Å². The maximum Gasteiger partial charge on any atom is 0.247 e. The number of carbonyl (C=O) groups excluding carboxylic acids is 1. The first-order chi connectivity index (χ1) is 13.0. The average molecular weight is 385 g/mol. The second-order valence-electron chi connectivity index (χ2n) is 5.92. The van der Waals surface area contributed by atoms with Gasteiger partial charge in [-0.1, -0.05) is 29.8 Å². The number of rotatable bonds is 4. The van der Waals surface area contributed by atoms with Crippen molar-refractivity contribution in [3.8, 4) is 11.3 Å². The lowest BCUT2D eigenvalue weighted by atomic mass is 10.1. The molecule has 9 heteroatoms. The highest BCUT2D eigenvalue weighted by Crippen LogP contribution is 2.33. The summed E-state index contributed by atoms with van der Waals surface area (Å²) in [6.07, 6.45) is 1.46. The van der Waals surface area contributed by atoms with Crippen molar-refractivity contribution in [2.24, 2.45) is 7.05 Å². The van der Waals surface area contributed by atoms with Crippen molar-refractivity contribution in [2.45, 2.75) is 6.54 Å². The predicted molar refractivity (Wildman–Crippen MR) is 99.8 cm³/mol. The summed E-state index contributed by atoms with van der Waals surface area (Å²) >= 11 is 6.20. The fraction of sp³-hybridized carbons (Fsp3) is 0.111. The number of hydrogen-bond donors (Lipinski definition) is 1. The maximum atomic E-state index is 13.4. The van der Waals surface area contributed by atoms with E-state index in [0.29, 0.717) is 17.1 Å². The van der Waals surface area contributed by atoms with E-state index in [9.17, 15) is 9.18 Å². The quantitative estimate of drug-likeness (QED) is 0.585. The van der Waals surface area contributed by atoms with E-state index in [1.807, 2.05) is 24.3 Å². The summed E-state index contributed by atoms with van der Waals surface area (Å²) in [7, 11) is 1.66. The van der Waals surface area contributed by atoms with Crippen LogP contribution in [0.1, 0.15) is 0 Å². The molecule has 0 saturated carbocycles. The molecular formula is C18H14ClFN6O. The van der Waals surface area contributed by atoms with Crippen LogP contribution in [0.25, 0.3) is 22.2 Å².